The number of carbonyl (C=O) groups excluding carboxylic acids is 1. The Balaban J connectivity index is 2.01. The van der Waals surface area contributed by atoms with Crippen molar-refractivity contribution in [2.45, 2.75) is 6.92 Å². The molecule has 0 aliphatic rings. The Kier molecular flexibility index (Phi) is 3.85. The number of H-pyrrole nitrogens is 1. The number of pyridine rings is 1. The van der Waals surface area contributed by atoms with Gasteiger partial charge in [-0.05, 0) is 36.8 Å². The largest absolute Gasteiger partial charge is 0.495 e. The number of hydrogen-bond donors (Lipinski definition) is 2. The van der Waals surface area contributed by atoms with Gasteiger partial charge in [0.1, 0.15) is 11.3 Å². The van der Waals surface area contributed by atoms with Crippen LogP contribution in [0.5, 0.6) is 5.75 Å². The van der Waals surface area contributed by atoms with Crippen LogP contribution < -0.4 is 15.5 Å². The minimum absolute atomic E-state index is 0.0623. The number of methoxy groups -OCH3 is 1. The topological polar surface area (TPSA) is 71.2 Å². The third kappa shape index (κ3) is 2.81. The molecule has 116 valence electrons. The third-order valence-electron chi connectivity index (χ3n) is 3.62. The minimum atomic E-state index is -0.443. The lowest BCUT2D eigenvalue weighted by Gasteiger charge is -2.08. The molecule has 1 heterocycles. The van der Waals surface area contributed by atoms with Crippen LogP contribution in [0.15, 0.2) is 53.5 Å². The maximum atomic E-state index is 12.6. The molecule has 0 atom stereocenters. The number of nitrogens with one attached hydrogen (secondary N) is 2. The van der Waals surface area contributed by atoms with E-state index in [0.29, 0.717) is 22.3 Å². The van der Waals surface area contributed by atoms with E-state index in [9.17, 15) is 9.59 Å². The molecule has 0 aliphatic heterocycles. The number of carbonyl (C=O) groups is 1. The molecule has 5 nitrogen and oxygen atoms in total. The van der Waals surface area contributed by atoms with Crippen molar-refractivity contribution in [1.29, 1.82) is 0 Å². The molecule has 1 amide bonds. The number of anilines is 1. The zero-order valence-electron chi connectivity index (χ0n) is 12.8. The van der Waals surface area contributed by atoms with Crippen molar-refractivity contribution in [3.63, 3.8) is 0 Å². The molecule has 3 aromatic rings. The zero-order valence-corrected chi connectivity index (χ0v) is 12.8. The number of amides is 1. The third-order valence-corrected chi connectivity index (χ3v) is 3.62. The summed E-state index contributed by atoms with van der Waals surface area (Å²) in [5.74, 6) is 0.117. The lowest BCUT2D eigenvalue weighted by Crippen LogP contribution is -2.22. The molecule has 5 heteroatoms. The Morgan fingerprint density at radius 1 is 1.17 bits per heavy atom. The maximum absolute atomic E-state index is 12.6. The molecule has 0 spiro atoms. The SMILES string of the molecule is COc1cccc2c(=O)c(C(=O)Nc3cccc(C)c3)c[nH]c12. The molecule has 0 aliphatic carbocycles. The first-order valence-corrected chi connectivity index (χ1v) is 7.16. The summed E-state index contributed by atoms with van der Waals surface area (Å²) in [4.78, 5) is 27.9. The molecule has 0 fully saturated rings. The average molecular weight is 308 g/mol. The van der Waals surface area contributed by atoms with Crippen molar-refractivity contribution in [1.82, 2.24) is 4.98 Å². The van der Waals surface area contributed by atoms with Crippen molar-refractivity contribution < 1.29 is 9.53 Å². The average Bonchev–Trinajstić information content (AvgIpc) is 2.54. The van der Waals surface area contributed by atoms with E-state index < -0.39 is 5.91 Å². The van der Waals surface area contributed by atoms with Crippen molar-refractivity contribution in [2.24, 2.45) is 0 Å². The number of aromatic nitrogens is 1. The van der Waals surface area contributed by atoms with Gasteiger partial charge in [-0.3, -0.25) is 9.59 Å². The van der Waals surface area contributed by atoms with Crippen LogP contribution >= 0.6 is 0 Å². The highest BCUT2D eigenvalue weighted by atomic mass is 16.5. The van der Waals surface area contributed by atoms with Gasteiger partial charge >= 0.3 is 0 Å². The van der Waals surface area contributed by atoms with E-state index in [1.165, 1.54) is 13.3 Å². The van der Waals surface area contributed by atoms with Crippen molar-refractivity contribution in [2.75, 3.05) is 12.4 Å². The standard InChI is InChI=1S/C18H16N2O3/c1-11-5-3-6-12(9-11)20-18(22)14-10-19-16-13(17(14)21)7-4-8-15(16)23-2/h3-10H,1-2H3,(H,19,21)(H,20,22). The predicted molar refractivity (Wildman–Crippen MR) is 90.3 cm³/mol. The molecule has 0 saturated heterocycles. The first-order valence-electron chi connectivity index (χ1n) is 7.16. The van der Waals surface area contributed by atoms with Crippen LogP contribution in [0.25, 0.3) is 10.9 Å². The van der Waals surface area contributed by atoms with Crippen LogP contribution in [0.1, 0.15) is 15.9 Å². The quantitative estimate of drug-likeness (QED) is 0.781. The van der Waals surface area contributed by atoms with Gasteiger partial charge in [0.15, 0.2) is 0 Å². The number of fused-ring (bicyclic) bond motifs is 1. The van der Waals surface area contributed by atoms with Gasteiger partial charge in [0.25, 0.3) is 5.91 Å². The summed E-state index contributed by atoms with van der Waals surface area (Å²) in [6.45, 7) is 1.94. The van der Waals surface area contributed by atoms with Gasteiger partial charge in [0.05, 0.1) is 18.0 Å². The van der Waals surface area contributed by atoms with Gasteiger partial charge in [-0.2, -0.15) is 0 Å². The molecular formula is C18H16N2O3. The van der Waals surface area contributed by atoms with Crippen molar-refractivity contribution in [3.8, 4) is 5.75 Å². The summed E-state index contributed by atoms with van der Waals surface area (Å²) in [5.41, 5.74) is 1.99. The molecule has 0 unspecified atom stereocenters. The smallest absolute Gasteiger partial charge is 0.261 e. The number of ether oxygens (including phenoxy) is 1. The highest BCUT2D eigenvalue weighted by molar-refractivity contribution is 6.06. The van der Waals surface area contributed by atoms with Gasteiger partial charge in [0, 0.05) is 11.9 Å². The Hall–Kier alpha value is -3.08. The first kappa shape index (κ1) is 14.8. The van der Waals surface area contributed by atoms with Gasteiger partial charge < -0.3 is 15.0 Å². The fraction of sp³-hybridized carbons (Fsp3) is 0.111. The van der Waals surface area contributed by atoms with E-state index >= 15 is 0 Å². The number of para-hydroxylation sites is 1. The van der Waals surface area contributed by atoms with Crippen molar-refractivity contribution >= 4 is 22.5 Å². The zero-order chi connectivity index (χ0) is 16.4. The summed E-state index contributed by atoms with van der Waals surface area (Å²) in [5, 5.41) is 3.16. The Bertz CT molecular complexity index is 944. The van der Waals surface area contributed by atoms with Gasteiger partial charge in [-0.25, -0.2) is 0 Å². The Labute approximate surface area is 132 Å². The van der Waals surface area contributed by atoms with E-state index in [1.54, 1.807) is 24.3 Å². The van der Waals surface area contributed by atoms with Crippen LogP contribution in [-0.2, 0) is 0 Å². The van der Waals surface area contributed by atoms with Gasteiger partial charge in [0.2, 0.25) is 5.43 Å². The number of aromatic amines is 1. The highest BCUT2D eigenvalue weighted by Crippen LogP contribution is 2.21. The van der Waals surface area contributed by atoms with E-state index in [2.05, 4.69) is 10.3 Å². The molecule has 1 aromatic heterocycles. The number of aryl methyl sites for hydroxylation is 1. The Morgan fingerprint density at radius 2 is 1.96 bits per heavy atom. The molecule has 23 heavy (non-hydrogen) atoms. The second kappa shape index (κ2) is 5.96. The minimum Gasteiger partial charge on any atom is -0.495 e. The lowest BCUT2D eigenvalue weighted by molar-refractivity contribution is 0.102. The number of hydrogen-bond acceptors (Lipinski definition) is 3. The normalized spacial score (nSPS) is 10.5. The molecule has 0 saturated carbocycles. The van der Waals surface area contributed by atoms with Crippen LogP contribution in [0.4, 0.5) is 5.69 Å². The van der Waals surface area contributed by atoms with Crippen LogP contribution in [-0.4, -0.2) is 18.0 Å². The molecule has 3 rings (SSSR count). The van der Waals surface area contributed by atoms with E-state index in [1.807, 2.05) is 25.1 Å². The fourth-order valence-corrected chi connectivity index (χ4v) is 2.48. The second-order valence-corrected chi connectivity index (χ2v) is 5.24. The van der Waals surface area contributed by atoms with Crippen LogP contribution in [0.3, 0.4) is 0 Å². The first-order chi connectivity index (χ1) is 11.1. The summed E-state index contributed by atoms with van der Waals surface area (Å²) >= 11 is 0. The molecule has 0 radical (unpaired) electrons. The van der Waals surface area contributed by atoms with Crippen molar-refractivity contribution in [3.05, 3.63) is 70.0 Å². The molecule has 0 bridgehead atoms. The lowest BCUT2D eigenvalue weighted by atomic mass is 10.1. The predicted octanol–water partition coefficient (Wildman–Crippen LogP) is 3.10. The summed E-state index contributed by atoms with van der Waals surface area (Å²) in [7, 11) is 1.53. The number of benzene rings is 2. The van der Waals surface area contributed by atoms with Crippen LogP contribution in [0.2, 0.25) is 0 Å². The summed E-state index contributed by atoms with van der Waals surface area (Å²) in [6.07, 6.45) is 1.41. The van der Waals surface area contributed by atoms with E-state index in [4.69, 9.17) is 4.74 Å². The van der Waals surface area contributed by atoms with E-state index in [-0.39, 0.29) is 11.0 Å². The molecule has 2 aromatic carbocycles. The van der Waals surface area contributed by atoms with Crippen LogP contribution in [0, 0.1) is 6.92 Å². The second-order valence-electron chi connectivity index (χ2n) is 5.24. The maximum Gasteiger partial charge on any atom is 0.261 e. The monoisotopic (exact) mass is 308 g/mol. The fourth-order valence-electron chi connectivity index (χ4n) is 2.48. The molecule has 2 N–H and O–H groups in total. The number of rotatable bonds is 3. The van der Waals surface area contributed by atoms with E-state index in [0.717, 1.165) is 5.56 Å². The summed E-state index contributed by atoms with van der Waals surface area (Å²) in [6, 6.07) is 12.5. The molecular weight excluding hydrogens is 292 g/mol. The summed E-state index contributed by atoms with van der Waals surface area (Å²) < 4.78 is 5.22. The van der Waals surface area contributed by atoms with Gasteiger partial charge in [-0.1, -0.05) is 18.2 Å². The Morgan fingerprint density at radius 3 is 2.70 bits per heavy atom. The highest BCUT2D eigenvalue weighted by Gasteiger charge is 2.14. The van der Waals surface area contributed by atoms with Gasteiger partial charge in [-0.15, -0.1) is 0 Å².